The van der Waals surface area contributed by atoms with Gasteiger partial charge in [0.15, 0.2) is 0 Å². The maximum Gasteiger partial charge on any atom is 0.0962 e. The van der Waals surface area contributed by atoms with Crippen LogP contribution in [0.5, 0.6) is 0 Å². The third-order valence-corrected chi connectivity index (χ3v) is 5.47. The SMILES string of the molecule is Cc1cc(Br)cc(-c2cnc(C3CCCCC3)s2)c1. The standard InChI is InChI=1S/C16H18BrNS/c1-11-7-13(9-14(17)8-11)15-10-18-16(19-15)12-5-3-2-4-6-12/h7-10,12H,2-6H2,1H3. The lowest BCUT2D eigenvalue weighted by atomic mass is 9.90. The van der Waals surface area contributed by atoms with Crippen LogP contribution in [0.3, 0.4) is 0 Å². The van der Waals surface area contributed by atoms with Crippen LogP contribution in [0.2, 0.25) is 0 Å². The van der Waals surface area contributed by atoms with Crippen molar-refractivity contribution in [2.45, 2.75) is 44.9 Å². The number of rotatable bonds is 2. The van der Waals surface area contributed by atoms with E-state index in [4.69, 9.17) is 0 Å². The molecule has 1 aromatic heterocycles. The molecule has 3 heteroatoms. The first-order valence-corrected chi connectivity index (χ1v) is 8.56. The van der Waals surface area contributed by atoms with Gasteiger partial charge in [-0.15, -0.1) is 11.3 Å². The highest BCUT2D eigenvalue weighted by molar-refractivity contribution is 9.10. The molecule has 1 fully saturated rings. The van der Waals surface area contributed by atoms with E-state index in [2.05, 4.69) is 52.2 Å². The number of aryl methyl sites for hydroxylation is 1. The lowest BCUT2D eigenvalue weighted by molar-refractivity contribution is 0.442. The second-order valence-corrected chi connectivity index (χ2v) is 7.39. The van der Waals surface area contributed by atoms with Gasteiger partial charge in [0.25, 0.3) is 0 Å². The zero-order valence-electron chi connectivity index (χ0n) is 11.2. The molecule has 19 heavy (non-hydrogen) atoms. The number of thiazole rings is 1. The van der Waals surface area contributed by atoms with E-state index in [0.717, 1.165) is 4.47 Å². The Balaban J connectivity index is 1.87. The van der Waals surface area contributed by atoms with Crippen molar-refractivity contribution in [3.8, 4) is 10.4 Å². The van der Waals surface area contributed by atoms with Crippen LogP contribution in [0.1, 0.15) is 48.6 Å². The molecule has 1 aliphatic carbocycles. The molecule has 0 bridgehead atoms. The molecule has 2 aromatic rings. The molecule has 1 nitrogen and oxygen atoms in total. The molecule has 0 saturated heterocycles. The Hall–Kier alpha value is -0.670. The van der Waals surface area contributed by atoms with E-state index in [1.54, 1.807) is 0 Å². The maximum absolute atomic E-state index is 4.68. The summed E-state index contributed by atoms with van der Waals surface area (Å²) in [4.78, 5) is 5.98. The van der Waals surface area contributed by atoms with Gasteiger partial charge >= 0.3 is 0 Å². The van der Waals surface area contributed by atoms with Gasteiger partial charge in [0.1, 0.15) is 0 Å². The van der Waals surface area contributed by atoms with Crippen LogP contribution in [0.15, 0.2) is 28.9 Å². The van der Waals surface area contributed by atoms with E-state index in [1.807, 2.05) is 11.3 Å². The lowest BCUT2D eigenvalue weighted by Crippen LogP contribution is -2.03. The highest BCUT2D eigenvalue weighted by Gasteiger charge is 2.19. The Morgan fingerprint density at radius 2 is 1.95 bits per heavy atom. The van der Waals surface area contributed by atoms with Crippen LogP contribution in [-0.4, -0.2) is 4.98 Å². The minimum atomic E-state index is 0.709. The van der Waals surface area contributed by atoms with Crippen molar-refractivity contribution in [1.82, 2.24) is 4.98 Å². The van der Waals surface area contributed by atoms with Gasteiger partial charge in [-0.25, -0.2) is 4.98 Å². The topological polar surface area (TPSA) is 12.9 Å². The molecule has 0 spiro atoms. The van der Waals surface area contributed by atoms with Gasteiger partial charge in [0.05, 0.1) is 9.88 Å². The summed E-state index contributed by atoms with van der Waals surface area (Å²) >= 11 is 5.46. The Morgan fingerprint density at radius 1 is 1.16 bits per heavy atom. The normalized spacial score (nSPS) is 16.7. The number of hydrogen-bond donors (Lipinski definition) is 0. The van der Waals surface area contributed by atoms with E-state index in [-0.39, 0.29) is 0 Å². The highest BCUT2D eigenvalue weighted by Crippen LogP contribution is 2.38. The van der Waals surface area contributed by atoms with Crippen molar-refractivity contribution >= 4 is 27.3 Å². The average Bonchev–Trinajstić information content (AvgIpc) is 2.88. The Bertz CT molecular complexity index is 550. The van der Waals surface area contributed by atoms with Gasteiger partial charge in [-0.3, -0.25) is 0 Å². The van der Waals surface area contributed by atoms with Gasteiger partial charge in [0.2, 0.25) is 0 Å². The van der Waals surface area contributed by atoms with Crippen molar-refractivity contribution < 1.29 is 0 Å². The number of hydrogen-bond acceptors (Lipinski definition) is 2. The fourth-order valence-electron chi connectivity index (χ4n) is 2.84. The molecule has 1 heterocycles. The van der Waals surface area contributed by atoms with Crippen LogP contribution < -0.4 is 0 Å². The zero-order valence-corrected chi connectivity index (χ0v) is 13.6. The maximum atomic E-state index is 4.68. The van der Waals surface area contributed by atoms with Crippen LogP contribution in [0, 0.1) is 6.92 Å². The second kappa shape index (κ2) is 5.76. The van der Waals surface area contributed by atoms with Crippen LogP contribution in [0.4, 0.5) is 0 Å². The molecule has 0 N–H and O–H groups in total. The van der Waals surface area contributed by atoms with Crippen molar-refractivity contribution in [1.29, 1.82) is 0 Å². The largest absolute Gasteiger partial charge is 0.249 e. The minimum absolute atomic E-state index is 0.709. The van der Waals surface area contributed by atoms with Crippen LogP contribution in [0.25, 0.3) is 10.4 Å². The van der Waals surface area contributed by atoms with Crippen LogP contribution in [-0.2, 0) is 0 Å². The summed E-state index contributed by atoms with van der Waals surface area (Å²) < 4.78 is 1.15. The summed E-state index contributed by atoms with van der Waals surface area (Å²) in [5.41, 5.74) is 2.57. The summed E-state index contributed by atoms with van der Waals surface area (Å²) in [6, 6.07) is 6.57. The van der Waals surface area contributed by atoms with Gasteiger partial charge < -0.3 is 0 Å². The first-order chi connectivity index (χ1) is 9.22. The predicted molar refractivity (Wildman–Crippen MR) is 85.8 cm³/mol. The van der Waals surface area contributed by atoms with E-state index < -0.39 is 0 Å². The third-order valence-electron chi connectivity index (χ3n) is 3.80. The molecule has 1 aromatic carbocycles. The lowest BCUT2D eigenvalue weighted by Gasteiger charge is -2.18. The first kappa shape index (κ1) is 13.3. The quantitative estimate of drug-likeness (QED) is 0.662. The summed E-state index contributed by atoms with van der Waals surface area (Å²) in [5, 5.41) is 1.34. The van der Waals surface area contributed by atoms with E-state index in [0.29, 0.717) is 5.92 Å². The molecule has 0 aliphatic heterocycles. The minimum Gasteiger partial charge on any atom is -0.249 e. The average molecular weight is 336 g/mol. The Kier molecular flexibility index (Phi) is 4.04. The molecule has 1 saturated carbocycles. The third kappa shape index (κ3) is 3.09. The summed E-state index contributed by atoms with van der Waals surface area (Å²) in [6.07, 6.45) is 8.84. The monoisotopic (exact) mass is 335 g/mol. The van der Waals surface area contributed by atoms with Crippen molar-refractivity contribution in [2.75, 3.05) is 0 Å². The van der Waals surface area contributed by atoms with Gasteiger partial charge in [0, 0.05) is 16.6 Å². The van der Waals surface area contributed by atoms with E-state index >= 15 is 0 Å². The molecule has 1 aliphatic rings. The molecule has 0 atom stereocenters. The van der Waals surface area contributed by atoms with Gasteiger partial charge in [-0.2, -0.15) is 0 Å². The number of aromatic nitrogens is 1. The van der Waals surface area contributed by atoms with Gasteiger partial charge in [-0.05, 0) is 43.0 Å². The van der Waals surface area contributed by atoms with Gasteiger partial charge in [-0.1, -0.05) is 41.3 Å². The van der Waals surface area contributed by atoms with Crippen LogP contribution >= 0.6 is 27.3 Å². The van der Waals surface area contributed by atoms with Crippen molar-refractivity contribution in [2.24, 2.45) is 0 Å². The number of nitrogens with zero attached hydrogens (tertiary/aromatic N) is 1. The molecule has 0 amide bonds. The Morgan fingerprint density at radius 3 is 2.68 bits per heavy atom. The van der Waals surface area contributed by atoms with E-state index in [9.17, 15) is 0 Å². The molecule has 0 radical (unpaired) electrons. The number of benzene rings is 1. The molecule has 3 rings (SSSR count). The predicted octanol–water partition coefficient (Wildman–Crippen LogP) is 5.93. The van der Waals surface area contributed by atoms with Crippen molar-refractivity contribution in [3.63, 3.8) is 0 Å². The molecular weight excluding hydrogens is 318 g/mol. The number of halogens is 1. The zero-order chi connectivity index (χ0) is 13.2. The summed E-state index contributed by atoms with van der Waals surface area (Å²) in [5.74, 6) is 0.709. The van der Waals surface area contributed by atoms with E-state index in [1.165, 1.54) is 53.1 Å². The molecule has 0 unspecified atom stereocenters. The highest BCUT2D eigenvalue weighted by atomic mass is 79.9. The first-order valence-electron chi connectivity index (χ1n) is 6.95. The smallest absolute Gasteiger partial charge is 0.0962 e. The fraction of sp³-hybridized carbons (Fsp3) is 0.438. The summed E-state index contributed by atoms with van der Waals surface area (Å²) in [6.45, 7) is 2.14. The molecular formula is C16H18BrNS. The fourth-order valence-corrected chi connectivity index (χ4v) is 4.52. The van der Waals surface area contributed by atoms with Crippen molar-refractivity contribution in [3.05, 3.63) is 39.4 Å². The summed E-state index contributed by atoms with van der Waals surface area (Å²) in [7, 11) is 0. The Labute approximate surface area is 127 Å². The molecule has 100 valence electrons. The second-order valence-electron chi connectivity index (χ2n) is 5.41.